The third kappa shape index (κ3) is 6.42. The van der Waals surface area contributed by atoms with Gasteiger partial charge in [-0.3, -0.25) is 19.7 Å². The van der Waals surface area contributed by atoms with Crippen LogP contribution in [0.5, 0.6) is 5.75 Å². The van der Waals surface area contributed by atoms with Crippen molar-refractivity contribution in [3.8, 4) is 5.75 Å². The van der Waals surface area contributed by atoms with Crippen LogP contribution in [0.3, 0.4) is 0 Å². The van der Waals surface area contributed by atoms with Crippen LogP contribution in [0, 0.1) is 15.9 Å². The minimum absolute atomic E-state index is 0.0596. The van der Waals surface area contributed by atoms with E-state index in [2.05, 4.69) is 47.3 Å². The summed E-state index contributed by atoms with van der Waals surface area (Å²) in [6.07, 6.45) is 1.92. The Morgan fingerprint density at radius 1 is 1.23 bits per heavy atom. The molecule has 1 heterocycles. The summed E-state index contributed by atoms with van der Waals surface area (Å²) in [6, 6.07) is 13.4. The van der Waals surface area contributed by atoms with Crippen LogP contribution in [0.4, 0.5) is 15.8 Å². The summed E-state index contributed by atoms with van der Waals surface area (Å²) in [4.78, 5) is 41.7. The van der Waals surface area contributed by atoms with Gasteiger partial charge in [-0.05, 0) is 42.8 Å². The number of hydrogen-bond donors (Lipinski definition) is 1. The number of para-hydroxylation sites is 1. The molecule has 40 heavy (non-hydrogen) atoms. The second-order valence-corrected chi connectivity index (χ2v) is 10.6. The molecule has 0 saturated heterocycles. The van der Waals surface area contributed by atoms with Gasteiger partial charge in [-0.25, -0.2) is 9.37 Å². The van der Waals surface area contributed by atoms with Crippen molar-refractivity contribution in [3.63, 3.8) is 0 Å². The van der Waals surface area contributed by atoms with Crippen LogP contribution in [0.25, 0.3) is 10.9 Å². The van der Waals surface area contributed by atoms with Crippen molar-refractivity contribution in [3.05, 3.63) is 101 Å². The molecular weight excluding hydrogens is 653 g/mol. The molecule has 1 amide bonds. The van der Waals surface area contributed by atoms with Gasteiger partial charge in [0.05, 0.1) is 27.7 Å². The molecule has 4 aromatic rings. The zero-order chi connectivity index (χ0) is 29.0. The Bertz CT molecular complexity index is 1710. The fourth-order valence-corrected chi connectivity index (χ4v) is 4.60. The molecular formula is C27H22Br2FN5O5. The molecule has 206 valence electrons. The van der Waals surface area contributed by atoms with Gasteiger partial charge < -0.3 is 10.1 Å². The Balaban J connectivity index is 1.75. The van der Waals surface area contributed by atoms with Gasteiger partial charge in [-0.1, -0.05) is 57.8 Å². The van der Waals surface area contributed by atoms with Crippen LogP contribution >= 0.6 is 31.9 Å². The van der Waals surface area contributed by atoms with Crippen molar-refractivity contribution in [1.29, 1.82) is 0 Å². The number of anilines is 1. The Kier molecular flexibility index (Phi) is 9.05. The average molecular weight is 675 g/mol. The number of nitro benzene ring substituents is 1. The van der Waals surface area contributed by atoms with E-state index in [4.69, 9.17) is 4.74 Å². The van der Waals surface area contributed by atoms with E-state index in [0.29, 0.717) is 32.1 Å². The Morgan fingerprint density at radius 2 is 1.98 bits per heavy atom. The highest BCUT2D eigenvalue weighted by atomic mass is 79.9. The number of benzene rings is 3. The number of amides is 1. The maximum absolute atomic E-state index is 13.9. The molecule has 3 aromatic carbocycles. The molecule has 0 spiro atoms. The number of ether oxygens (including phenoxy) is 1. The van der Waals surface area contributed by atoms with E-state index in [0.717, 1.165) is 4.68 Å². The molecule has 0 aliphatic rings. The molecule has 0 aliphatic heterocycles. The first-order valence-corrected chi connectivity index (χ1v) is 13.6. The van der Waals surface area contributed by atoms with Gasteiger partial charge >= 0.3 is 5.69 Å². The molecule has 0 bridgehead atoms. The summed E-state index contributed by atoms with van der Waals surface area (Å²) < 4.78 is 21.7. The van der Waals surface area contributed by atoms with Crippen LogP contribution in [-0.4, -0.2) is 33.3 Å². The number of halogens is 3. The van der Waals surface area contributed by atoms with E-state index in [1.807, 2.05) is 13.8 Å². The molecule has 1 aromatic heterocycles. The predicted molar refractivity (Wildman–Crippen MR) is 157 cm³/mol. The summed E-state index contributed by atoms with van der Waals surface area (Å²) in [5.41, 5.74) is -0.289. The van der Waals surface area contributed by atoms with E-state index in [1.165, 1.54) is 36.5 Å². The van der Waals surface area contributed by atoms with Crippen molar-refractivity contribution in [2.24, 2.45) is 5.10 Å². The predicted octanol–water partition coefficient (Wildman–Crippen LogP) is 6.38. The van der Waals surface area contributed by atoms with E-state index in [-0.39, 0.29) is 22.9 Å². The third-order valence-corrected chi connectivity index (χ3v) is 6.90. The lowest BCUT2D eigenvalue weighted by Gasteiger charge is -2.14. The first-order chi connectivity index (χ1) is 19.1. The molecule has 0 unspecified atom stereocenters. The lowest BCUT2D eigenvalue weighted by Crippen LogP contribution is -2.24. The summed E-state index contributed by atoms with van der Waals surface area (Å²) in [6.45, 7) is 3.21. The number of carbonyl (C=O) groups excluding carboxylic acids is 1. The van der Waals surface area contributed by atoms with Gasteiger partial charge in [0.1, 0.15) is 11.6 Å². The van der Waals surface area contributed by atoms with Crippen LogP contribution in [0.1, 0.15) is 37.6 Å². The Labute approximate surface area is 244 Å². The number of fused-ring (bicyclic) bond motifs is 1. The number of nitrogens with zero attached hydrogens (tertiary/aromatic N) is 4. The van der Waals surface area contributed by atoms with Crippen molar-refractivity contribution in [1.82, 2.24) is 9.66 Å². The largest absolute Gasteiger partial charge is 0.476 e. The number of nitro groups is 1. The van der Waals surface area contributed by atoms with Crippen molar-refractivity contribution >= 4 is 66.3 Å². The molecule has 10 nitrogen and oxygen atoms in total. The summed E-state index contributed by atoms with van der Waals surface area (Å²) >= 11 is 6.62. The fourth-order valence-electron chi connectivity index (χ4n) is 3.77. The number of carbonyl (C=O) groups is 1. The van der Waals surface area contributed by atoms with E-state index in [1.54, 1.807) is 24.3 Å². The Morgan fingerprint density at radius 3 is 2.67 bits per heavy atom. The van der Waals surface area contributed by atoms with Crippen molar-refractivity contribution in [2.45, 2.75) is 26.2 Å². The molecule has 0 saturated carbocycles. The summed E-state index contributed by atoms with van der Waals surface area (Å²) in [5, 5.41) is 18.9. The second-order valence-electron chi connectivity index (χ2n) is 8.72. The first kappa shape index (κ1) is 29.0. The summed E-state index contributed by atoms with van der Waals surface area (Å²) in [5.74, 6) is -1.35. The normalized spacial score (nSPS) is 12.0. The minimum atomic E-state index is -0.732. The first-order valence-electron chi connectivity index (χ1n) is 12.0. The number of hydrogen-bond acceptors (Lipinski definition) is 7. The van der Waals surface area contributed by atoms with E-state index in [9.17, 15) is 24.1 Å². The maximum Gasteiger partial charge on any atom is 0.312 e. The lowest BCUT2D eigenvalue weighted by molar-refractivity contribution is -0.385. The molecule has 13 heteroatoms. The zero-order valence-corrected chi connectivity index (χ0v) is 24.4. The van der Waals surface area contributed by atoms with Crippen LogP contribution in [0.2, 0.25) is 0 Å². The standard InChI is InChI=1S/C27H22Br2FN5O5/c1-3-15(2)26-33-21-9-8-17(28)11-19(21)27(37)34(26)31-13-16-10-18(29)12-23(35(38)39)25(16)40-14-24(36)32-22-7-5-4-6-20(22)30/h4-13,15H,3,14H2,1-2H3,(H,32,36)/t15-/m0/s1. The highest BCUT2D eigenvalue weighted by Crippen LogP contribution is 2.34. The van der Waals surface area contributed by atoms with Crippen LogP contribution in [-0.2, 0) is 4.79 Å². The number of rotatable bonds is 9. The summed E-state index contributed by atoms with van der Waals surface area (Å²) in [7, 11) is 0. The van der Waals surface area contributed by atoms with Crippen molar-refractivity contribution < 1.29 is 18.8 Å². The fraction of sp³-hybridized carbons (Fsp3) is 0.185. The number of aromatic nitrogens is 2. The molecule has 1 atom stereocenters. The Hall–Kier alpha value is -3.97. The highest BCUT2D eigenvalue weighted by Gasteiger charge is 2.22. The van der Waals surface area contributed by atoms with Gasteiger partial charge in [0.25, 0.3) is 11.5 Å². The maximum atomic E-state index is 13.9. The lowest BCUT2D eigenvalue weighted by atomic mass is 10.1. The molecule has 4 rings (SSSR count). The third-order valence-electron chi connectivity index (χ3n) is 5.95. The monoisotopic (exact) mass is 673 g/mol. The zero-order valence-electron chi connectivity index (χ0n) is 21.2. The topological polar surface area (TPSA) is 129 Å². The minimum Gasteiger partial charge on any atom is -0.476 e. The smallest absolute Gasteiger partial charge is 0.312 e. The van der Waals surface area contributed by atoms with E-state index < -0.39 is 34.5 Å². The molecule has 0 aliphatic carbocycles. The van der Waals surface area contributed by atoms with Crippen molar-refractivity contribution in [2.75, 3.05) is 11.9 Å². The molecule has 0 radical (unpaired) electrons. The van der Waals surface area contributed by atoms with Gasteiger partial charge in [-0.2, -0.15) is 9.78 Å². The highest BCUT2D eigenvalue weighted by molar-refractivity contribution is 9.10. The van der Waals surface area contributed by atoms with Gasteiger partial charge in [0, 0.05) is 26.5 Å². The SMILES string of the molecule is CC[C@H](C)c1nc2ccc(Br)cc2c(=O)n1N=Cc1cc(Br)cc([N+](=O)[O-])c1OCC(=O)Nc1ccccc1F. The second kappa shape index (κ2) is 12.5. The average Bonchev–Trinajstić information content (AvgIpc) is 2.92. The molecule has 1 N–H and O–H groups in total. The number of nitrogens with one attached hydrogen (secondary N) is 1. The van der Waals surface area contributed by atoms with Gasteiger partial charge in [0.2, 0.25) is 5.75 Å². The van der Waals surface area contributed by atoms with Crippen LogP contribution in [0.15, 0.2) is 73.4 Å². The van der Waals surface area contributed by atoms with E-state index >= 15 is 0 Å². The van der Waals surface area contributed by atoms with Gasteiger partial charge in [0.15, 0.2) is 6.61 Å². The quantitative estimate of drug-likeness (QED) is 0.125. The van der Waals surface area contributed by atoms with Crippen LogP contribution < -0.4 is 15.6 Å². The molecule has 0 fully saturated rings. The van der Waals surface area contributed by atoms with Gasteiger partial charge in [-0.15, -0.1) is 0 Å².